The Bertz CT molecular complexity index is 595. The number of hydrogen-bond donors (Lipinski definition) is 1. The van der Waals surface area contributed by atoms with Gasteiger partial charge in [0.15, 0.2) is 5.82 Å². The molecule has 0 bridgehead atoms. The first-order chi connectivity index (χ1) is 9.95. The summed E-state index contributed by atoms with van der Waals surface area (Å²) < 4.78 is 2.06. The largest absolute Gasteiger partial charge is 0.370 e. The Kier molecular flexibility index (Phi) is 4.60. The van der Waals surface area contributed by atoms with Crippen LogP contribution in [0.15, 0.2) is 18.6 Å². The highest BCUT2D eigenvalue weighted by atomic mass is 15.1. The average molecular weight is 287 g/mol. The van der Waals surface area contributed by atoms with Gasteiger partial charge in [-0.1, -0.05) is 27.7 Å². The fourth-order valence-corrected chi connectivity index (χ4v) is 2.05. The number of nitrogens with zero attached hydrogens (tertiary/aromatic N) is 4. The van der Waals surface area contributed by atoms with Crippen molar-refractivity contribution in [1.82, 2.24) is 19.5 Å². The van der Waals surface area contributed by atoms with E-state index in [0.717, 1.165) is 42.5 Å². The Morgan fingerprint density at radius 3 is 2.57 bits per heavy atom. The van der Waals surface area contributed by atoms with Gasteiger partial charge in [-0.05, 0) is 13.3 Å². The third kappa shape index (κ3) is 3.60. The SMILES string of the molecule is CCCNc1cc(C(C)(C)C)nc(-c2cncn2CC)n1. The fraction of sp³-hybridized carbons (Fsp3) is 0.562. The van der Waals surface area contributed by atoms with Gasteiger partial charge < -0.3 is 9.88 Å². The van der Waals surface area contributed by atoms with Gasteiger partial charge in [0.25, 0.3) is 0 Å². The topological polar surface area (TPSA) is 55.6 Å². The van der Waals surface area contributed by atoms with Gasteiger partial charge in [0.1, 0.15) is 11.5 Å². The normalized spacial score (nSPS) is 11.7. The number of nitrogens with one attached hydrogen (secondary N) is 1. The Balaban J connectivity index is 2.49. The number of imidazole rings is 1. The van der Waals surface area contributed by atoms with Gasteiger partial charge in [0, 0.05) is 24.6 Å². The Morgan fingerprint density at radius 1 is 1.19 bits per heavy atom. The third-order valence-corrected chi connectivity index (χ3v) is 3.33. The van der Waals surface area contributed by atoms with Crippen LogP contribution in [0.5, 0.6) is 0 Å². The van der Waals surface area contributed by atoms with E-state index < -0.39 is 0 Å². The molecule has 0 saturated carbocycles. The molecule has 0 aliphatic rings. The molecule has 0 aromatic carbocycles. The molecule has 0 amide bonds. The van der Waals surface area contributed by atoms with Crippen molar-refractivity contribution in [2.75, 3.05) is 11.9 Å². The lowest BCUT2D eigenvalue weighted by Gasteiger charge is -2.20. The molecule has 0 radical (unpaired) electrons. The molecule has 0 aliphatic carbocycles. The molecule has 0 atom stereocenters. The molecule has 2 aromatic heterocycles. The van der Waals surface area contributed by atoms with Crippen LogP contribution in [0.3, 0.4) is 0 Å². The second-order valence-electron chi connectivity index (χ2n) is 6.20. The summed E-state index contributed by atoms with van der Waals surface area (Å²) in [5, 5.41) is 3.37. The zero-order valence-electron chi connectivity index (χ0n) is 13.6. The van der Waals surface area contributed by atoms with E-state index in [1.807, 2.05) is 18.6 Å². The minimum absolute atomic E-state index is 0.0165. The van der Waals surface area contributed by atoms with Gasteiger partial charge in [0.2, 0.25) is 0 Å². The van der Waals surface area contributed by atoms with Crippen LogP contribution >= 0.6 is 0 Å². The van der Waals surface area contributed by atoms with Gasteiger partial charge in [-0.25, -0.2) is 15.0 Å². The van der Waals surface area contributed by atoms with Crippen LogP contribution in [-0.2, 0) is 12.0 Å². The average Bonchev–Trinajstić information content (AvgIpc) is 2.92. The molecular formula is C16H25N5. The monoisotopic (exact) mass is 287 g/mol. The molecule has 0 unspecified atom stereocenters. The highest BCUT2D eigenvalue weighted by Crippen LogP contribution is 2.25. The summed E-state index contributed by atoms with van der Waals surface area (Å²) in [5.74, 6) is 1.62. The molecule has 2 heterocycles. The number of anilines is 1. The lowest BCUT2D eigenvalue weighted by atomic mass is 9.92. The maximum absolute atomic E-state index is 4.75. The summed E-state index contributed by atoms with van der Waals surface area (Å²) >= 11 is 0. The van der Waals surface area contributed by atoms with Gasteiger partial charge in [-0.15, -0.1) is 0 Å². The van der Waals surface area contributed by atoms with Gasteiger partial charge in [-0.3, -0.25) is 0 Å². The van der Waals surface area contributed by atoms with E-state index in [2.05, 4.69) is 54.5 Å². The van der Waals surface area contributed by atoms with Crippen LogP contribution in [0.4, 0.5) is 5.82 Å². The predicted octanol–water partition coefficient (Wildman–Crippen LogP) is 3.48. The van der Waals surface area contributed by atoms with E-state index >= 15 is 0 Å². The van der Waals surface area contributed by atoms with Crippen LogP contribution in [0.2, 0.25) is 0 Å². The van der Waals surface area contributed by atoms with E-state index in [4.69, 9.17) is 4.98 Å². The first kappa shape index (κ1) is 15.5. The van der Waals surface area contributed by atoms with Crippen molar-refractivity contribution in [3.05, 3.63) is 24.3 Å². The summed E-state index contributed by atoms with van der Waals surface area (Å²) in [4.78, 5) is 13.6. The molecule has 0 fully saturated rings. The van der Waals surface area contributed by atoms with Crippen molar-refractivity contribution in [3.8, 4) is 11.5 Å². The van der Waals surface area contributed by atoms with Crippen molar-refractivity contribution in [3.63, 3.8) is 0 Å². The maximum atomic E-state index is 4.75. The quantitative estimate of drug-likeness (QED) is 0.914. The smallest absolute Gasteiger partial charge is 0.180 e. The molecule has 5 heteroatoms. The van der Waals surface area contributed by atoms with E-state index in [1.54, 1.807) is 0 Å². The Morgan fingerprint density at radius 2 is 1.95 bits per heavy atom. The number of hydrogen-bond acceptors (Lipinski definition) is 4. The van der Waals surface area contributed by atoms with Crippen LogP contribution < -0.4 is 5.32 Å². The highest BCUT2D eigenvalue weighted by Gasteiger charge is 2.19. The Hall–Kier alpha value is -1.91. The molecule has 114 valence electrons. The van der Waals surface area contributed by atoms with Crippen LogP contribution in [0.1, 0.15) is 46.7 Å². The summed E-state index contributed by atoms with van der Waals surface area (Å²) in [6.45, 7) is 12.5. The molecule has 5 nitrogen and oxygen atoms in total. The van der Waals surface area contributed by atoms with Crippen molar-refractivity contribution < 1.29 is 0 Å². The van der Waals surface area contributed by atoms with Crippen molar-refractivity contribution in [2.45, 2.75) is 53.0 Å². The lowest BCUT2D eigenvalue weighted by Crippen LogP contribution is -2.16. The number of aromatic nitrogens is 4. The van der Waals surface area contributed by atoms with E-state index in [0.29, 0.717) is 0 Å². The third-order valence-electron chi connectivity index (χ3n) is 3.33. The van der Waals surface area contributed by atoms with Gasteiger partial charge in [0.05, 0.1) is 18.2 Å². The molecule has 2 aromatic rings. The van der Waals surface area contributed by atoms with Crippen molar-refractivity contribution in [2.24, 2.45) is 0 Å². The van der Waals surface area contributed by atoms with Gasteiger partial charge >= 0.3 is 0 Å². The fourth-order valence-electron chi connectivity index (χ4n) is 2.05. The second kappa shape index (κ2) is 6.24. The molecule has 2 rings (SSSR count). The minimum Gasteiger partial charge on any atom is -0.370 e. The maximum Gasteiger partial charge on any atom is 0.180 e. The summed E-state index contributed by atoms with van der Waals surface area (Å²) in [6, 6.07) is 2.05. The van der Waals surface area contributed by atoms with E-state index in [9.17, 15) is 0 Å². The highest BCUT2D eigenvalue weighted by molar-refractivity contribution is 5.53. The van der Waals surface area contributed by atoms with Crippen LogP contribution in [0, 0.1) is 0 Å². The summed E-state index contributed by atoms with van der Waals surface area (Å²) in [7, 11) is 0. The number of rotatable bonds is 5. The lowest BCUT2D eigenvalue weighted by molar-refractivity contribution is 0.567. The van der Waals surface area contributed by atoms with E-state index in [1.165, 1.54) is 0 Å². The summed E-state index contributed by atoms with van der Waals surface area (Å²) in [5.41, 5.74) is 1.98. The van der Waals surface area contributed by atoms with Gasteiger partial charge in [-0.2, -0.15) is 0 Å². The minimum atomic E-state index is -0.0165. The first-order valence-electron chi connectivity index (χ1n) is 7.59. The molecular weight excluding hydrogens is 262 g/mol. The predicted molar refractivity (Wildman–Crippen MR) is 86.4 cm³/mol. The zero-order valence-corrected chi connectivity index (χ0v) is 13.6. The second-order valence-corrected chi connectivity index (χ2v) is 6.20. The number of aryl methyl sites for hydroxylation is 1. The summed E-state index contributed by atoms with van der Waals surface area (Å²) in [6.07, 6.45) is 4.72. The standard InChI is InChI=1S/C16H25N5/c1-6-8-18-14-9-13(16(3,4)5)19-15(20-14)12-10-17-11-21(12)7-2/h9-11H,6-8H2,1-5H3,(H,18,19,20). The van der Waals surface area contributed by atoms with E-state index in [-0.39, 0.29) is 5.41 Å². The molecule has 1 N–H and O–H groups in total. The molecule has 21 heavy (non-hydrogen) atoms. The molecule has 0 spiro atoms. The Labute approximate surface area is 126 Å². The first-order valence-corrected chi connectivity index (χ1v) is 7.59. The zero-order chi connectivity index (χ0) is 15.5. The molecule has 0 saturated heterocycles. The molecule has 0 aliphatic heterocycles. The van der Waals surface area contributed by atoms with Crippen LogP contribution in [-0.4, -0.2) is 26.1 Å². The van der Waals surface area contributed by atoms with Crippen LogP contribution in [0.25, 0.3) is 11.5 Å². The van der Waals surface area contributed by atoms with Crippen molar-refractivity contribution in [1.29, 1.82) is 0 Å². The van der Waals surface area contributed by atoms with Crippen molar-refractivity contribution >= 4 is 5.82 Å².